The van der Waals surface area contributed by atoms with E-state index in [0.717, 1.165) is 25.7 Å². The van der Waals surface area contributed by atoms with Crippen molar-refractivity contribution in [1.82, 2.24) is 0 Å². The highest BCUT2D eigenvalue weighted by Crippen LogP contribution is 2.68. The first-order valence-electron chi connectivity index (χ1n) is 14.4. The Bertz CT molecular complexity index is 854. The van der Waals surface area contributed by atoms with Crippen molar-refractivity contribution in [2.75, 3.05) is 13.9 Å². The molecule has 0 aromatic carbocycles. The van der Waals surface area contributed by atoms with Gasteiger partial charge in [0, 0.05) is 30.8 Å². The molecule has 3 rings (SSSR count). The number of ether oxygens (including phenoxy) is 2. The molecule has 0 heterocycles. The van der Waals surface area contributed by atoms with Gasteiger partial charge in [-0.15, -0.1) is 6.58 Å². The molecular formula is C31H54O4Si. The van der Waals surface area contributed by atoms with E-state index in [9.17, 15) is 4.79 Å². The summed E-state index contributed by atoms with van der Waals surface area (Å²) in [4.78, 5) is 14.4. The summed E-state index contributed by atoms with van der Waals surface area (Å²) in [6, 6.07) is 0. The van der Waals surface area contributed by atoms with Crippen LogP contribution in [0.3, 0.4) is 0 Å². The zero-order chi connectivity index (χ0) is 27.3. The number of hydrogen-bond acceptors (Lipinski definition) is 4. The number of carbonyl (C=O) groups excluding carboxylic acids is 1. The molecule has 4 nitrogen and oxygen atoms in total. The van der Waals surface area contributed by atoms with Crippen molar-refractivity contribution in [3.05, 3.63) is 24.0 Å². The van der Waals surface area contributed by atoms with Crippen LogP contribution < -0.4 is 0 Å². The Morgan fingerprint density at radius 3 is 2.14 bits per heavy atom. The van der Waals surface area contributed by atoms with E-state index in [-0.39, 0.29) is 30.1 Å². The van der Waals surface area contributed by atoms with Crippen LogP contribution in [0, 0.1) is 28.1 Å². The van der Waals surface area contributed by atoms with Gasteiger partial charge in [0.1, 0.15) is 12.6 Å². The van der Waals surface area contributed by atoms with Gasteiger partial charge >= 0.3 is 0 Å². The average molecular weight is 519 g/mol. The molecule has 3 aliphatic carbocycles. The maximum Gasteiger partial charge on any atom is 0.258 e. The van der Waals surface area contributed by atoms with E-state index in [1.165, 1.54) is 11.3 Å². The summed E-state index contributed by atoms with van der Waals surface area (Å²) in [6.07, 6.45) is 6.37. The zero-order valence-electron chi connectivity index (χ0n) is 25.1. The lowest BCUT2D eigenvalue weighted by Crippen LogP contribution is -2.57. The van der Waals surface area contributed by atoms with Crippen LogP contribution in [0.5, 0.6) is 0 Å². The first-order chi connectivity index (χ1) is 16.7. The molecule has 0 N–H and O–H groups in total. The van der Waals surface area contributed by atoms with Crippen LogP contribution in [0.4, 0.5) is 0 Å². The van der Waals surface area contributed by atoms with E-state index in [1.807, 2.05) is 6.08 Å². The minimum atomic E-state index is -2.16. The minimum Gasteiger partial charge on any atom is -0.546 e. The van der Waals surface area contributed by atoms with E-state index in [1.54, 1.807) is 7.11 Å². The molecule has 4 unspecified atom stereocenters. The Hall–Kier alpha value is -0.913. The van der Waals surface area contributed by atoms with Crippen molar-refractivity contribution >= 4 is 14.1 Å². The number of carbonyl (C=O) groups is 1. The number of hydrogen-bond donors (Lipinski definition) is 0. The van der Waals surface area contributed by atoms with Gasteiger partial charge in [-0.25, -0.2) is 0 Å². The third-order valence-electron chi connectivity index (χ3n) is 11.0. The first kappa shape index (κ1) is 29.6. The summed E-state index contributed by atoms with van der Waals surface area (Å²) < 4.78 is 19.3. The lowest BCUT2D eigenvalue weighted by atomic mass is 9.46. The van der Waals surface area contributed by atoms with Crippen molar-refractivity contribution < 1.29 is 18.7 Å². The van der Waals surface area contributed by atoms with Gasteiger partial charge in [-0.05, 0) is 60.2 Å². The van der Waals surface area contributed by atoms with E-state index in [4.69, 9.17) is 13.9 Å². The molecule has 0 radical (unpaired) electrons. The Labute approximate surface area is 222 Å². The summed E-state index contributed by atoms with van der Waals surface area (Å²) >= 11 is 0. The van der Waals surface area contributed by atoms with Crippen molar-refractivity contribution in [2.24, 2.45) is 28.1 Å². The summed E-state index contributed by atoms with van der Waals surface area (Å²) in [7, 11) is -0.489. The fourth-order valence-electron chi connectivity index (χ4n) is 8.85. The van der Waals surface area contributed by atoms with Gasteiger partial charge < -0.3 is 13.9 Å². The molecule has 3 aliphatic rings. The normalized spacial score (nSPS) is 37.4. The fourth-order valence-corrected chi connectivity index (χ4v) is 14.2. The molecule has 0 amide bonds. The third-order valence-corrected chi connectivity index (χ3v) is 17.1. The lowest BCUT2D eigenvalue weighted by Gasteiger charge is -2.58. The zero-order valence-corrected chi connectivity index (χ0v) is 26.1. The van der Waals surface area contributed by atoms with Crippen molar-refractivity contribution in [3.8, 4) is 0 Å². The van der Waals surface area contributed by atoms with Crippen LogP contribution >= 0.6 is 0 Å². The Kier molecular flexibility index (Phi) is 8.51. The largest absolute Gasteiger partial charge is 0.546 e. The second-order valence-electron chi connectivity index (χ2n) is 13.6. The predicted molar refractivity (Wildman–Crippen MR) is 151 cm³/mol. The molecule has 36 heavy (non-hydrogen) atoms. The Morgan fingerprint density at radius 1 is 1.06 bits per heavy atom. The summed E-state index contributed by atoms with van der Waals surface area (Å²) in [5.41, 5.74) is 1.77. The monoisotopic (exact) mass is 518 g/mol. The minimum absolute atomic E-state index is 0.0968. The Balaban J connectivity index is 2.30. The molecule has 0 aromatic rings. The highest BCUT2D eigenvalue weighted by atomic mass is 28.4. The number of allylic oxidation sites excluding steroid dienone is 2. The second-order valence-corrected chi connectivity index (χ2v) is 19.0. The van der Waals surface area contributed by atoms with E-state index < -0.39 is 19.1 Å². The van der Waals surface area contributed by atoms with E-state index >= 15 is 0 Å². The van der Waals surface area contributed by atoms with Crippen LogP contribution in [0.25, 0.3) is 0 Å². The molecule has 0 aromatic heterocycles. The summed E-state index contributed by atoms with van der Waals surface area (Å²) in [6.45, 7) is 27.6. The van der Waals surface area contributed by atoms with Crippen LogP contribution in [-0.2, 0) is 18.7 Å². The quantitative estimate of drug-likeness (QED) is 0.174. The highest BCUT2D eigenvalue weighted by molar-refractivity contribution is 6.77. The lowest BCUT2D eigenvalue weighted by molar-refractivity contribution is -0.165. The molecule has 206 valence electrons. The van der Waals surface area contributed by atoms with Gasteiger partial charge in [-0.2, -0.15) is 0 Å². The van der Waals surface area contributed by atoms with E-state index in [2.05, 4.69) is 75.8 Å². The molecule has 5 heteroatoms. The fraction of sp³-hybridized carbons (Fsp3) is 0.839. The summed E-state index contributed by atoms with van der Waals surface area (Å²) in [5, 5.41) is 0. The van der Waals surface area contributed by atoms with Crippen molar-refractivity contribution in [2.45, 2.75) is 124 Å². The van der Waals surface area contributed by atoms with Gasteiger partial charge in [-0.3, -0.25) is 4.79 Å². The van der Waals surface area contributed by atoms with Gasteiger partial charge in [0.25, 0.3) is 8.32 Å². The van der Waals surface area contributed by atoms with Gasteiger partial charge in [0.2, 0.25) is 0 Å². The van der Waals surface area contributed by atoms with Crippen LogP contribution in [-0.4, -0.2) is 34.1 Å². The van der Waals surface area contributed by atoms with Gasteiger partial charge in [-0.1, -0.05) is 68.4 Å². The van der Waals surface area contributed by atoms with Gasteiger partial charge in [0.05, 0.1) is 17.3 Å². The van der Waals surface area contributed by atoms with E-state index in [0.29, 0.717) is 28.8 Å². The van der Waals surface area contributed by atoms with Crippen molar-refractivity contribution in [3.63, 3.8) is 0 Å². The van der Waals surface area contributed by atoms with Crippen LogP contribution in [0.1, 0.15) is 101 Å². The maximum atomic E-state index is 14.4. The standard InChI is InChI=1S/C31H54O4Si/c1-13-29(10)18-26(32)30(11)23(8)14-16-31(24(9)28(29)34-19-33-12)17-15-25(27(30)31)35-36(20(2)3,21(4)5)22(6)7/h13,20-24,28H,1,14-19H2,2-12H3/t23?,24-,28?,29+,30?,31?/m0/s1. The highest BCUT2D eigenvalue weighted by Gasteiger charge is 2.64. The molecule has 2 bridgehead atoms. The number of Topliss-reactive ketones (excluding diaryl/α,β-unsaturated/α-hetero) is 1. The molecule has 0 aliphatic heterocycles. The SMILES string of the molecule is C=C[C@]1(C)CC(=O)C2(C)C3=C(O[Si](C(C)C)(C(C)C)C(C)C)CCC3(CCC2C)[C@@H](C)C1OCOC. The first-order valence-corrected chi connectivity index (χ1v) is 16.5. The second kappa shape index (κ2) is 10.3. The average Bonchev–Trinajstić information content (AvgIpc) is 3.18. The number of ketones is 1. The summed E-state index contributed by atoms with van der Waals surface area (Å²) in [5.74, 6) is 2.00. The molecular weight excluding hydrogens is 464 g/mol. The van der Waals surface area contributed by atoms with Crippen LogP contribution in [0.15, 0.2) is 24.0 Å². The van der Waals surface area contributed by atoms with Crippen molar-refractivity contribution in [1.29, 1.82) is 0 Å². The third kappa shape index (κ3) is 4.20. The molecule has 2 fully saturated rings. The van der Waals surface area contributed by atoms with Crippen LogP contribution in [0.2, 0.25) is 16.6 Å². The Morgan fingerprint density at radius 2 is 1.64 bits per heavy atom. The predicted octanol–water partition coefficient (Wildman–Crippen LogP) is 8.44. The number of methoxy groups -OCH3 is 1. The topological polar surface area (TPSA) is 44.8 Å². The van der Waals surface area contributed by atoms with Gasteiger partial charge in [0.15, 0.2) is 0 Å². The molecule has 0 saturated heterocycles. The molecule has 6 atom stereocenters. The smallest absolute Gasteiger partial charge is 0.258 e. The number of rotatable bonds is 9. The maximum absolute atomic E-state index is 14.4. The molecule has 2 saturated carbocycles. The molecule has 0 spiro atoms.